The zero-order valence-corrected chi connectivity index (χ0v) is 10.0. The fourth-order valence-corrected chi connectivity index (χ4v) is 1.37. The number of carbonyl (C=O) groups excluding carboxylic acids is 1. The summed E-state index contributed by atoms with van der Waals surface area (Å²) in [6.45, 7) is 0.104. The Morgan fingerprint density at radius 1 is 1.50 bits per heavy atom. The highest BCUT2D eigenvalue weighted by atomic mass is 35.5. The maximum absolute atomic E-state index is 11.4. The molecule has 2 N–H and O–H groups in total. The van der Waals surface area contributed by atoms with Gasteiger partial charge in [-0.2, -0.15) is 5.21 Å². The molecule has 0 bridgehead atoms. The summed E-state index contributed by atoms with van der Waals surface area (Å²) in [6.07, 6.45) is 0. The Balaban J connectivity index is 1.75. The average Bonchev–Trinajstić information content (AvgIpc) is 2.87. The molecule has 0 atom stereocenters. The number of H-pyrrole nitrogens is 1. The fourth-order valence-electron chi connectivity index (χ4n) is 1.19. The molecule has 1 heterocycles. The molecule has 0 spiro atoms. The molecule has 7 nitrogen and oxygen atoms in total. The Morgan fingerprint density at radius 2 is 2.39 bits per heavy atom. The summed E-state index contributed by atoms with van der Waals surface area (Å²) < 4.78 is 5.26. The van der Waals surface area contributed by atoms with Crippen LogP contribution in [0.3, 0.4) is 0 Å². The maximum Gasteiger partial charge on any atom is 0.258 e. The molecule has 1 aromatic carbocycles. The molecular formula is C10H10ClN5O2. The molecule has 0 unspecified atom stereocenters. The SMILES string of the molecule is O=C(COc1cccc(Cl)c1)NCc1nn[nH]n1. The lowest BCUT2D eigenvalue weighted by Crippen LogP contribution is -2.28. The molecule has 8 heteroatoms. The van der Waals surface area contributed by atoms with Gasteiger partial charge in [-0.25, -0.2) is 0 Å². The van der Waals surface area contributed by atoms with Gasteiger partial charge in [0.05, 0.1) is 6.54 Å². The molecule has 2 aromatic rings. The van der Waals surface area contributed by atoms with Gasteiger partial charge in [-0.3, -0.25) is 4.79 Å². The second-order valence-electron chi connectivity index (χ2n) is 3.35. The molecule has 1 aromatic heterocycles. The predicted molar refractivity (Wildman–Crippen MR) is 63.0 cm³/mol. The van der Waals surface area contributed by atoms with Crippen molar-refractivity contribution in [2.45, 2.75) is 6.54 Å². The molecule has 94 valence electrons. The number of tetrazole rings is 1. The summed E-state index contributed by atoms with van der Waals surface area (Å²) in [5, 5.41) is 16.2. The van der Waals surface area contributed by atoms with E-state index in [-0.39, 0.29) is 19.1 Å². The number of aromatic amines is 1. The zero-order chi connectivity index (χ0) is 12.8. The summed E-state index contributed by atoms with van der Waals surface area (Å²) in [5.74, 6) is 0.670. The lowest BCUT2D eigenvalue weighted by Gasteiger charge is -2.06. The first-order valence-corrected chi connectivity index (χ1v) is 5.49. The first-order valence-electron chi connectivity index (χ1n) is 5.11. The van der Waals surface area contributed by atoms with Crippen molar-refractivity contribution in [3.63, 3.8) is 0 Å². The molecule has 0 fully saturated rings. The van der Waals surface area contributed by atoms with E-state index in [1.807, 2.05) is 0 Å². The van der Waals surface area contributed by atoms with Crippen LogP contribution in [-0.2, 0) is 11.3 Å². The van der Waals surface area contributed by atoms with Crippen LogP contribution in [0.2, 0.25) is 5.02 Å². The quantitative estimate of drug-likeness (QED) is 0.825. The van der Waals surface area contributed by atoms with Crippen LogP contribution in [0, 0.1) is 0 Å². The van der Waals surface area contributed by atoms with E-state index in [9.17, 15) is 4.79 Å². The van der Waals surface area contributed by atoms with E-state index in [0.717, 1.165) is 0 Å². The monoisotopic (exact) mass is 267 g/mol. The first kappa shape index (κ1) is 12.3. The van der Waals surface area contributed by atoms with E-state index >= 15 is 0 Å². The van der Waals surface area contributed by atoms with E-state index in [1.165, 1.54) is 0 Å². The van der Waals surface area contributed by atoms with Crippen LogP contribution in [0.15, 0.2) is 24.3 Å². The van der Waals surface area contributed by atoms with Gasteiger partial charge < -0.3 is 10.1 Å². The number of nitrogens with one attached hydrogen (secondary N) is 2. The minimum atomic E-state index is -0.278. The Kier molecular flexibility index (Phi) is 4.08. The van der Waals surface area contributed by atoms with Gasteiger partial charge in [0.1, 0.15) is 5.75 Å². The van der Waals surface area contributed by atoms with E-state index in [2.05, 4.69) is 25.9 Å². The summed E-state index contributed by atoms with van der Waals surface area (Å²) in [4.78, 5) is 11.4. The summed E-state index contributed by atoms with van der Waals surface area (Å²) >= 11 is 5.78. The van der Waals surface area contributed by atoms with Crippen molar-refractivity contribution in [3.8, 4) is 5.75 Å². The second kappa shape index (κ2) is 5.97. The van der Waals surface area contributed by atoms with Crippen molar-refractivity contribution >= 4 is 17.5 Å². The van der Waals surface area contributed by atoms with Gasteiger partial charge in [0.2, 0.25) is 0 Å². The van der Waals surface area contributed by atoms with Crippen molar-refractivity contribution in [3.05, 3.63) is 35.1 Å². The standard InChI is InChI=1S/C10H10ClN5O2/c11-7-2-1-3-8(4-7)18-6-10(17)12-5-9-13-15-16-14-9/h1-4H,5-6H2,(H,12,17)(H,13,14,15,16). The van der Waals surface area contributed by atoms with Crippen molar-refractivity contribution in [1.29, 1.82) is 0 Å². The maximum atomic E-state index is 11.4. The molecule has 0 aliphatic carbocycles. The molecule has 0 aliphatic heterocycles. The highest BCUT2D eigenvalue weighted by Crippen LogP contribution is 2.16. The number of nitrogens with zero attached hydrogens (tertiary/aromatic N) is 3. The highest BCUT2D eigenvalue weighted by molar-refractivity contribution is 6.30. The van der Waals surface area contributed by atoms with Crippen LogP contribution in [0.5, 0.6) is 5.75 Å². The predicted octanol–water partition coefficient (Wildman–Crippen LogP) is 0.548. The van der Waals surface area contributed by atoms with Gasteiger partial charge in [0.15, 0.2) is 12.4 Å². The molecule has 0 saturated carbocycles. The first-order chi connectivity index (χ1) is 8.74. The second-order valence-corrected chi connectivity index (χ2v) is 3.79. The highest BCUT2D eigenvalue weighted by Gasteiger charge is 2.05. The number of halogens is 1. The number of hydrogen-bond acceptors (Lipinski definition) is 5. The van der Waals surface area contributed by atoms with Gasteiger partial charge in [-0.15, -0.1) is 10.2 Å². The Labute approximate surface area is 107 Å². The summed E-state index contributed by atoms with van der Waals surface area (Å²) in [7, 11) is 0. The number of aromatic nitrogens is 4. The molecule has 2 rings (SSSR count). The molecular weight excluding hydrogens is 258 g/mol. The van der Waals surface area contributed by atoms with Crippen LogP contribution in [0.1, 0.15) is 5.82 Å². The lowest BCUT2D eigenvalue weighted by atomic mass is 10.3. The average molecular weight is 268 g/mol. The van der Waals surface area contributed by atoms with Gasteiger partial charge in [-0.05, 0) is 18.2 Å². The smallest absolute Gasteiger partial charge is 0.258 e. The number of rotatable bonds is 5. The van der Waals surface area contributed by atoms with Crippen LogP contribution in [-0.4, -0.2) is 33.1 Å². The fraction of sp³-hybridized carbons (Fsp3) is 0.200. The third-order valence-electron chi connectivity index (χ3n) is 2.00. The molecule has 0 aliphatic rings. The Morgan fingerprint density at radius 3 is 3.11 bits per heavy atom. The van der Waals surface area contributed by atoms with E-state index in [0.29, 0.717) is 16.6 Å². The minimum absolute atomic E-state index is 0.0990. The van der Waals surface area contributed by atoms with E-state index < -0.39 is 0 Å². The van der Waals surface area contributed by atoms with Crippen LogP contribution >= 0.6 is 11.6 Å². The van der Waals surface area contributed by atoms with E-state index in [1.54, 1.807) is 24.3 Å². The Bertz CT molecular complexity index is 517. The van der Waals surface area contributed by atoms with Crippen molar-refractivity contribution in [2.75, 3.05) is 6.61 Å². The number of ether oxygens (including phenoxy) is 1. The number of benzene rings is 1. The van der Waals surface area contributed by atoms with Gasteiger partial charge in [0, 0.05) is 5.02 Å². The van der Waals surface area contributed by atoms with Crippen LogP contribution < -0.4 is 10.1 Å². The third kappa shape index (κ3) is 3.70. The summed E-state index contributed by atoms with van der Waals surface area (Å²) in [5.41, 5.74) is 0. The van der Waals surface area contributed by atoms with Crippen LogP contribution in [0.25, 0.3) is 0 Å². The zero-order valence-electron chi connectivity index (χ0n) is 9.26. The number of carbonyl (C=O) groups is 1. The van der Waals surface area contributed by atoms with Gasteiger partial charge in [0.25, 0.3) is 5.91 Å². The van der Waals surface area contributed by atoms with Crippen molar-refractivity contribution < 1.29 is 9.53 Å². The molecule has 1 amide bonds. The number of amides is 1. The normalized spacial score (nSPS) is 10.1. The minimum Gasteiger partial charge on any atom is -0.484 e. The topological polar surface area (TPSA) is 92.8 Å². The number of hydrogen-bond donors (Lipinski definition) is 2. The van der Waals surface area contributed by atoms with Crippen molar-refractivity contribution in [2.24, 2.45) is 0 Å². The molecule has 0 radical (unpaired) electrons. The van der Waals surface area contributed by atoms with Gasteiger partial charge >= 0.3 is 0 Å². The van der Waals surface area contributed by atoms with Crippen molar-refractivity contribution in [1.82, 2.24) is 25.9 Å². The van der Waals surface area contributed by atoms with E-state index in [4.69, 9.17) is 16.3 Å². The largest absolute Gasteiger partial charge is 0.484 e. The van der Waals surface area contributed by atoms with Gasteiger partial charge in [-0.1, -0.05) is 22.9 Å². The molecule has 0 saturated heterocycles. The Hall–Kier alpha value is -2.15. The summed E-state index contributed by atoms with van der Waals surface area (Å²) in [6, 6.07) is 6.83. The third-order valence-corrected chi connectivity index (χ3v) is 2.23. The van der Waals surface area contributed by atoms with Crippen LogP contribution in [0.4, 0.5) is 0 Å². The lowest BCUT2D eigenvalue weighted by molar-refractivity contribution is -0.123. The molecule has 18 heavy (non-hydrogen) atoms.